The van der Waals surface area contributed by atoms with E-state index in [0.717, 1.165) is 16.7 Å². The number of benzene rings is 1. The van der Waals surface area contributed by atoms with Crippen molar-refractivity contribution < 1.29 is 4.79 Å². The van der Waals surface area contributed by atoms with Gasteiger partial charge in [0.25, 0.3) is 0 Å². The van der Waals surface area contributed by atoms with Gasteiger partial charge in [0.2, 0.25) is 5.91 Å². The van der Waals surface area contributed by atoms with Crippen LogP contribution in [0.3, 0.4) is 0 Å². The SMILES string of the molecule is O=C(Cn1nc2ccccc2n1)NCCc1cnccn1. The first-order valence-electron chi connectivity index (χ1n) is 6.63. The van der Waals surface area contributed by atoms with Crippen LogP contribution in [0.25, 0.3) is 11.0 Å². The third-order valence-corrected chi connectivity index (χ3v) is 2.93. The van der Waals surface area contributed by atoms with Crippen LogP contribution in [0.1, 0.15) is 5.69 Å². The molecular formula is C14H14N6O. The fourth-order valence-electron chi connectivity index (χ4n) is 1.95. The van der Waals surface area contributed by atoms with Gasteiger partial charge in [0.1, 0.15) is 17.6 Å². The number of carbonyl (C=O) groups is 1. The third kappa shape index (κ3) is 3.38. The maximum Gasteiger partial charge on any atom is 0.243 e. The number of aromatic nitrogens is 5. The lowest BCUT2D eigenvalue weighted by molar-refractivity contribution is -0.122. The highest BCUT2D eigenvalue weighted by Crippen LogP contribution is 2.06. The molecular weight excluding hydrogens is 268 g/mol. The molecule has 0 aliphatic heterocycles. The van der Waals surface area contributed by atoms with Crippen molar-refractivity contribution in [3.63, 3.8) is 0 Å². The van der Waals surface area contributed by atoms with Gasteiger partial charge in [0.05, 0.1) is 5.69 Å². The average Bonchev–Trinajstić information content (AvgIpc) is 2.90. The Morgan fingerprint density at radius 2 is 1.90 bits per heavy atom. The van der Waals surface area contributed by atoms with Gasteiger partial charge in [-0.15, -0.1) is 0 Å². The molecule has 0 bridgehead atoms. The highest BCUT2D eigenvalue weighted by molar-refractivity contribution is 5.77. The van der Waals surface area contributed by atoms with Crippen LogP contribution in [0.5, 0.6) is 0 Å². The van der Waals surface area contributed by atoms with Crippen LogP contribution in [0, 0.1) is 0 Å². The van der Waals surface area contributed by atoms with E-state index >= 15 is 0 Å². The van der Waals surface area contributed by atoms with E-state index in [1.807, 2.05) is 24.3 Å². The Kier molecular flexibility index (Phi) is 3.81. The molecule has 0 unspecified atom stereocenters. The zero-order chi connectivity index (χ0) is 14.5. The van der Waals surface area contributed by atoms with Crippen LogP contribution < -0.4 is 5.32 Å². The number of hydrogen-bond donors (Lipinski definition) is 1. The third-order valence-electron chi connectivity index (χ3n) is 2.93. The summed E-state index contributed by atoms with van der Waals surface area (Å²) in [7, 11) is 0. The van der Waals surface area contributed by atoms with Crippen molar-refractivity contribution in [2.45, 2.75) is 13.0 Å². The highest BCUT2D eigenvalue weighted by atomic mass is 16.2. The maximum atomic E-state index is 11.8. The Balaban J connectivity index is 1.52. The minimum absolute atomic E-state index is 0.106. The number of fused-ring (bicyclic) bond motifs is 1. The molecule has 7 nitrogen and oxygen atoms in total. The van der Waals surface area contributed by atoms with Gasteiger partial charge in [0.15, 0.2) is 0 Å². The van der Waals surface area contributed by atoms with E-state index in [1.54, 1.807) is 18.6 Å². The van der Waals surface area contributed by atoms with E-state index in [0.29, 0.717) is 13.0 Å². The summed E-state index contributed by atoms with van der Waals surface area (Å²) in [6, 6.07) is 7.51. The van der Waals surface area contributed by atoms with E-state index in [2.05, 4.69) is 25.5 Å². The second-order valence-electron chi connectivity index (χ2n) is 4.52. The van der Waals surface area contributed by atoms with Gasteiger partial charge in [-0.25, -0.2) is 0 Å². The maximum absolute atomic E-state index is 11.8. The molecule has 2 heterocycles. The summed E-state index contributed by atoms with van der Waals surface area (Å²) in [5.74, 6) is -0.126. The molecule has 3 aromatic rings. The molecule has 0 radical (unpaired) electrons. The molecule has 1 aromatic carbocycles. The van der Waals surface area contributed by atoms with Crippen LogP contribution >= 0.6 is 0 Å². The van der Waals surface area contributed by atoms with Gasteiger partial charge < -0.3 is 5.32 Å². The van der Waals surface area contributed by atoms with Crippen molar-refractivity contribution in [1.29, 1.82) is 0 Å². The van der Waals surface area contributed by atoms with Crippen LogP contribution in [-0.2, 0) is 17.8 Å². The van der Waals surface area contributed by atoms with Crippen molar-refractivity contribution in [1.82, 2.24) is 30.3 Å². The Hall–Kier alpha value is -2.83. The molecule has 1 N–H and O–H groups in total. The number of nitrogens with one attached hydrogen (secondary N) is 1. The summed E-state index contributed by atoms with van der Waals surface area (Å²) >= 11 is 0. The van der Waals surface area contributed by atoms with Crippen LogP contribution in [0.15, 0.2) is 42.9 Å². The molecule has 0 fully saturated rings. The normalized spacial score (nSPS) is 10.7. The summed E-state index contributed by atoms with van der Waals surface area (Å²) in [5, 5.41) is 11.3. The first-order chi connectivity index (χ1) is 10.3. The average molecular weight is 282 g/mol. The summed E-state index contributed by atoms with van der Waals surface area (Å²) in [4.78, 5) is 21.4. The second kappa shape index (κ2) is 6.08. The quantitative estimate of drug-likeness (QED) is 0.740. The molecule has 7 heteroatoms. The summed E-state index contributed by atoms with van der Waals surface area (Å²) in [5.41, 5.74) is 2.41. The fourth-order valence-corrected chi connectivity index (χ4v) is 1.95. The summed E-state index contributed by atoms with van der Waals surface area (Å²) < 4.78 is 0. The Morgan fingerprint density at radius 1 is 1.14 bits per heavy atom. The van der Waals surface area contributed by atoms with E-state index in [1.165, 1.54) is 4.80 Å². The standard InChI is InChI=1S/C14H14N6O/c21-14(17-6-5-11-9-15-7-8-16-11)10-20-18-12-3-1-2-4-13(12)19-20/h1-4,7-9H,5-6,10H2,(H,17,21). The minimum Gasteiger partial charge on any atom is -0.354 e. The number of hydrogen-bond acceptors (Lipinski definition) is 5. The van der Waals surface area contributed by atoms with Crippen molar-refractivity contribution in [2.75, 3.05) is 6.54 Å². The van der Waals surface area contributed by atoms with Crippen LogP contribution in [0.2, 0.25) is 0 Å². The minimum atomic E-state index is -0.126. The lowest BCUT2D eigenvalue weighted by atomic mass is 10.3. The molecule has 106 valence electrons. The second-order valence-corrected chi connectivity index (χ2v) is 4.52. The Labute approximate surface area is 121 Å². The van der Waals surface area contributed by atoms with E-state index in [4.69, 9.17) is 0 Å². The summed E-state index contributed by atoms with van der Waals surface area (Å²) in [6.45, 7) is 0.619. The Morgan fingerprint density at radius 3 is 2.57 bits per heavy atom. The molecule has 0 aliphatic rings. The van der Waals surface area contributed by atoms with Crippen molar-refractivity contribution in [3.05, 3.63) is 48.5 Å². The van der Waals surface area contributed by atoms with Gasteiger partial charge >= 0.3 is 0 Å². The molecule has 0 aliphatic carbocycles. The van der Waals surface area contributed by atoms with Crippen molar-refractivity contribution in [3.8, 4) is 0 Å². The fraction of sp³-hybridized carbons (Fsp3) is 0.214. The zero-order valence-corrected chi connectivity index (χ0v) is 11.3. The lowest BCUT2D eigenvalue weighted by Gasteiger charge is -2.03. The first kappa shape index (κ1) is 13.2. The van der Waals surface area contributed by atoms with E-state index in [-0.39, 0.29) is 12.5 Å². The van der Waals surface area contributed by atoms with Crippen molar-refractivity contribution in [2.24, 2.45) is 0 Å². The topological polar surface area (TPSA) is 85.6 Å². The Bertz CT molecular complexity index is 706. The molecule has 0 atom stereocenters. The molecule has 21 heavy (non-hydrogen) atoms. The van der Waals surface area contributed by atoms with E-state index in [9.17, 15) is 4.79 Å². The van der Waals surface area contributed by atoms with Gasteiger partial charge in [-0.2, -0.15) is 15.0 Å². The highest BCUT2D eigenvalue weighted by Gasteiger charge is 2.06. The first-order valence-corrected chi connectivity index (χ1v) is 6.63. The molecule has 0 saturated heterocycles. The molecule has 0 saturated carbocycles. The monoisotopic (exact) mass is 282 g/mol. The zero-order valence-electron chi connectivity index (χ0n) is 11.3. The van der Waals surface area contributed by atoms with Gasteiger partial charge in [0, 0.05) is 31.6 Å². The van der Waals surface area contributed by atoms with Gasteiger partial charge in [-0.05, 0) is 12.1 Å². The van der Waals surface area contributed by atoms with Gasteiger partial charge in [-0.1, -0.05) is 12.1 Å². The van der Waals surface area contributed by atoms with Crippen molar-refractivity contribution >= 4 is 16.9 Å². The van der Waals surface area contributed by atoms with E-state index < -0.39 is 0 Å². The molecule has 0 spiro atoms. The number of amides is 1. The molecule has 1 amide bonds. The smallest absolute Gasteiger partial charge is 0.243 e. The number of rotatable bonds is 5. The largest absolute Gasteiger partial charge is 0.354 e. The molecule has 3 rings (SSSR count). The predicted octanol–water partition coefficient (Wildman–Crippen LogP) is 0.580. The summed E-state index contributed by atoms with van der Waals surface area (Å²) in [6.07, 6.45) is 5.59. The lowest BCUT2D eigenvalue weighted by Crippen LogP contribution is -2.30. The predicted molar refractivity (Wildman–Crippen MR) is 76.3 cm³/mol. The van der Waals surface area contributed by atoms with Gasteiger partial charge in [-0.3, -0.25) is 14.8 Å². The molecule has 2 aromatic heterocycles. The number of carbonyl (C=O) groups excluding carboxylic acids is 1. The van der Waals surface area contributed by atoms with Crippen LogP contribution in [0.4, 0.5) is 0 Å². The number of nitrogens with zero attached hydrogens (tertiary/aromatic N) is 5. The van der Waals surface area contributed by atoms with Crippen LogP contribution in [-0.4, -0.2) is 37.4 Å².